The minimum absolute atomic E-state index is 0.0658. The van der Waals surface area contributed by atoms with E-state index in [1.54, 1.807) is 13.0 Å². The third-order valence-electron chi connectivity index (χ3n) is 5.47. The summed E-state index contributed by atoms with van der Waals surface area (Å²) in [5, 5.41) is 19.4. The van der Waals surface area contributed by atoms with Crippen molar-refractivity contribution in [3.63, 3.8) is 0 Å². The number of aryl methyl sites for hydroxylation is 1. The van der Waals surface area contributed by atoms with E-state index >= 15 is 0 Å². The highest BCUT2D eigenvalue weighted by atomic mass is 19.2. The minimum Gasteiger partial charge on any atom is -0.385 e. The molecule has 0 atom stereocenters. The molecule has 0 saturated carbocycles. The number of nitrogens with zero attached hydrogens (tertiary/aromatic N) is 1. The molecule has 0 radical (unpaired) electrons. The molecule has 0 aliphatic carbocycles. The summed E-state index contributed by atoms with van der Waals surface area (Å²) in [5.41, 5.74) is -1.04. The van der Waals surface area contributed by atoms with Gasteiger partial charge in [0.25, 0.3) is 5.91 Å². The average Bonchev–Trinajstić information content (AvgIpc) is 2.71. The van der Waals surface area contributed by atoms with E-state index in [0.29, 0.717) is 18.2 Å². The normalized spacial score (nSPS) is 17.0. The van der Waals surface area contributed by atoms with Crippen LogP contribution in [0.15, 0.2) is 30.3 Å². The first-order valence-corrected chi connectivity index (χ1v) is 10.7. The predicted molar refractivity (Wildman–Crippen MR) is 118 cm³/mol. The number of hydrogen-bond donors (Lipinski definition) is 4. The van der Waals surface area contributed by atoms with Crippen LogP contribution in [0.4, 0.5) is 24.5 Å². The summed E-state index contributed by atoms with van der Waals surface area (Å²) in [5.74, 6) is -3.64. The van der Waals surface area contributed by atoms with E-state index in [-0.39, 0.29) is 24.3 Å². The fourth-order valence-corrected chi connectivity index (χ4v) is 3.56. The number of likely N-dealkylation sites (tertiary alicyclic amines) is 1. The van der Waals surface area contributed by atoms with E-state index in [9.17, 15) is 23.1 Å². The molecule has 2 saturated heterocycles. The molecule has 4 rings (SSSR count). The number of halogens is 3. The summed E-state index contributed by atoms with van der Waals surface area (Å²) >= 11 is 0. The quantitative estimate of drug-likeness (QED) is 0.545. The molecule has 2 heterocycles. The fourth-order valence-electron chi connectivity index (χ4n) is 3.56. The number of amides is 1. The lowest BCUT2D eigenvalue weighted by Crippen LogP contribution is -2.69. The van der Waals surface area contributed by atoms with Crippen LogP contribution in [0, 0.1) is 24.4 Å². The molecule has 32 heavy (non-hydrogen) atoms. The van der Waals surface area contributed by atoms with Crippen LogP contribution in [0.3, 0.4) is 0 Å². The summed E-state index contributed by atoms with van der Waals surface area (Å²) in [6, 6.07) is 6.57. The minimum atomic E-state index is -1.27. The van der Waals surface area contributed by atoms with Crippen LogP contribution in [0.2, 0.25) is 0 Å². The van der Waals surface area contributed by atoms with E-state index in [1.165, 1.54) is 17.0 Å². The third-order valence-corrected chi connectivity index (χ3v) is 5.47. The van der Waals surface area contributed by atoms with Gasteiger partial charge in [-0.05, 0) is 36.8 Å². The molecule has 0 bridgehead atoms. The number of β-amino-alcohol motifs (C(OH)–C–C–N with tert-alkyl or cyclic N) is 1. The lowest BCUT2D eigenvalue weighted by molar-refractivity contribution is -0.0804. The lowest BCUT2D eigenvalue weighted by atomic mass is 9.92. The summed E-state index contributed by atoms with van der Waals surface area (Å²) in [6.07, 6.45) is 0. The molecule has 9 heteroatoms. The smallest absolute Gasteiger partial charge is 0.256 e. The first kappa shape index (κ1) is 24.0. The molecule has 2 aliphatic heterocycles. The average molecular weight is 451 g/mol. The number of hydrogen-bond acceptors (Lipinski definition) is 5. The van der Waals surface area contributed by atoms with Crippen molar-refractivity contribution < 1.29 is 23.1 Å². The van der Waals surface area contributed by atoms with E-state index in [4.69, 9.17) is 0 Å². The van der Waals surface area contributed by atoms with Crippen molar-refractivity contribution in [1.82, 2.24) is 15.5 Å². The van der Waals surface area contributed by atoms with Crippen LogP contribution in [-0.2, 0) is 0 Å². The van der Waals surface area contributed by atoms with Gasteiger partial charge in [-0.3, -0.25) is 4.79 Å². The van der Waals surface area contributed by atoms with Crippen molar-refractivity contribution in [2.24, 2.45) is 0 Å². The number of carbonyl (C=O) groups is 1. The summed E-state index contributed by atoms with van der Waals surface area (Å²) in [7, 11) is 0. The van der Waals surface area contributed by atoms with Crippen molar-refractivity contribution in [3.8, 4) is 0 Å². The van der Waals surface area contributed by atoms with Gasteiger partial charge in [0.1, 0.15) is 11.4 Å². The third kappa shape index (κ3) is 5.06. The molecule has 2 aromatic rings. The molecule has 6 nitrogen and oxygen atoms in total. The highest BCUT2D eigenvalue weighted by molar-refractivity contribution is 6.01. The van der Waals surface area contributed by atoms with Gasteiger partial charge in [0, 0.05) is 25.7 Å². The van der Waals surface area contributed by atoms with Gasteiger partial charge in [-0.25, -0.2) is 13.2 Å². The van der Waals surface area contributed by atoms with Crippen LogP contribution >= 0.6 is 0 Å². The highest BCUT2D eigenvalue weighted by Crippen LogP contribution is 2.31. The standard InChI is InChI=1S/C21H23F3N4O2.C2H6/c1-12-2-5-17(16(23)6-12)27-19-14(3-4-15(22)18(19)24)20(29)28-10-21(30,11-28)9-26-13-7-25-8-13;1-2/h2-6,13,25-27,30H,7-11H2,1H3;1-2H3. The zero-order valence-corrected chi connectivity index (χ0v) is 18.4. The second kappa shape index (κ2) is 9.89. The Morgan fingerprint density at radius 3 is 2.44 bits per heavy atom. The summed E-state index contributed by atoms with van der Waals surface area (Å²) in [4.78, 5) is 14.2. The van der Waals surface area contributed by atoms with Crippen LogP contribution in [0.25, 0.3) is 0 Å². The first-order valence-electron chi connectivity index (χ1n) is 10.7. The van der Waals surface area contributed by atoms with Gasteiger partial charge >= 0.3 is 0 Å². The van der Waals surface area contributed by atoms with Gasteiger partial charge in [-0.1, -0.05) is 19.9 Å². The largest absolute Gasteiger partial charge is 0.385 e. The number of rotatable bonds is 6. The van der Waals surface area contributed by atoms with Crippen LogP contribution in [-0.4, -0.2) is 60.3 Å². The number of aliphatic hydroxyl groups is 1. The SMILES string of the molecule is CC.Cc1ccc(Nc2c(C(=O)N3CC(O)(CNC4CNC4)C3)ccc(F)c2F)c(F)c1. The van der Waals surface area contributed by atoms with Gasteiger partial charge in [-0.15, -0.1) is 0 Å². The first-order chi connectivity index (χ1) is 15.3. The fraction of sp³-hybridized carbons (Fsp3) is 0.435. The predicted octanol–water partition coefficient (Wildman–Crippen LogP) is 2.93. The summed E-state index contributed by atoms with van der Waals surface area (Å²) in [6.45, 7) is 7.83. The maximum absolute atomic E-state index is 14.5. The zero-order chi connectivity index (χ0) is 23.5. The van der Waals surface area contributed by atoms with E-state index < -0.39 is 34.6 Å². The molecule has 4 N–H and O–H groups in total. The number of carbonyl (C=O) groups excluding carboxylic acids is 1. The number of anilines is 2. The van der Waals surface area contributed by atoms with E-state index in [2.05, 4.69) is 16.0 Å². The maximum Gasteiger partial charge on any atom is 0.256 e. The highest BCUT2D eigenvalue weighted by Gasteiger charge is 2.44. The van der Waals surface area contributed by atoms with Crippen LogP contribution < -0.4 is 16.0 Å². The zero-order valence-electron chi connectivity index (χ0n) is 18.4. The molecule has 174 valence electrons. The number of benzene rings is 2. The molecule has 2 aromatic carbocycles. The maximum atomic E-state index is 14.5. The van der Waals surface area contributed by atoms with Crippen LogP contribution in [0.1, 0.15) is 29.8 Å². The molecule has 0 spiro atoms. The van der Waals surface area contributed by atoms with Crippen LogP contribution in [0.5, 0.6) is 0 Å². The lowest BCUT2D eigenvalue weighted by Gasteiger charge is -2.47. The Morgan fingerprint density at radius 1 is 1.16 bits per heavy atom. The van der Waals surface area contributed by atoms with Gasteiger partial charge in [0.2, 0.25) is 0 Å². The molecular formula is C23H29F3N4O2. The molecular weight excluding hydrogens is 421 g/mol. The second-order valence-corrected chi connectivity index (χ2v) is 8.01. The molecule has 1 amide bonds. The van der Waals surface area contributed by atoms with Crippen molar-refractivity contribution in [2.75, 3.05) is 38.0 Å². The van der Waals surface area contributed by atoms with Gasteiger partial charge in [-0.2, -0.15) is 0 Å². The van der Waals surface area contributed by atoms with Crippen molar-refractivity contribution in [2.45, 2.75) is 32.4 Å². The Balaban J connectivity index is 0.00000141. The number of nitrogens with one attached hydrogen (secondary N) is 3. The monoisotopic (exact) mass is 450 g/mol. The van der Waals surface area contributed by atoms with Crippen molar-refractivity contribution in [3.05, 3.63) is 58.9 Å². The topological polar surface area (TPSA) is 76.6 Å². The molecule has 2 fully saturated rings. The molecule has 0 aromatic heterocycles. The van der Waals surface area contributed by atoms with Crippen molar-refractivity contribution in [1.29, 1.82) is 0 Å². The van der Waals surface area contributed by atoms with Gasteiger partial charge in [0.05, 0.1) is 30.0 Å². The Morgan fingerprint density at radius 2 is 1.84 bits per heavy atom. The van der Waals surface area contributed by atoms with E-state index in [0.717, 1.165) is 25.2 Å². The van der Waals surface area contributed by atoms with Crippen molar-refractivity contribution >= 4 is 17.3 Å². The van der Waals surface area contributed by atoms with Gasteiger partial charge in [0.15, 0.2) is 11.6 Å². The molecule has 2 aliphatic rings. The Labute approximate surface area is 185 Å². The Hall–Kier alpha value is -2.62. The van der Waals surface area contributed by atoms with Gasteiger partial charge < -0.3 is 26.0 Å². The Kier molecular flexibility index (Phi) is 7.43. The second-order valence-electron chi connectivity index (χ2n) is 8.01. The van der Waals surface area contributed by atoms with E-state index in [1.807, 2.05) is 13.8 Å². The Bertz CT molecular complexity index is 976. The molecule has 0 unspecified atom stereocenters. The summed E-state index contributed by atoms with van der Waals surface area (Å²) < 4.78 is 42.6.